The number of anilines is 1. The maximum absolute atomic E-state index is 13.3. The molecule has 0 unspecified atom stereocenters. The van der Waals surface area contributed by atoms with E-state index < -0.39 is 5.66 Å². The van der Waals surface area contributed by atoms with Crippen molar-refractivity contribution in [1.29, 1.82) is 0 Å². The molecule has 3 heterocycles. The van der Waals surface area contributed by atoms with E-state index in [1.807, 2.05) is 66.8 Å². The monoisotopic (exact) mass is 395 g/mol. The Balaban J connectivity index is 1.63. The van der Waals surface area contributed by atoms with Crippen LogP contribution in [0.4, 0.5) is 5.69 Å². The Morgan fingerprint density at radius 2 is 1.82 bits per heavy atom. The van der Waals surface area contributed by atoms with E-state index in [2.05, 4.69) is 15.4 Å². The minimum atomic E-state index is -0.523. The van der Waals surface area contributed by atoms with Gasteiger partial charge in [-0.1, -0.05) is 23.7 Å². The molecule has 6 nitrogen and oxygen atoms in total. The number of benzene rings is 1. The Kier molecular flexibility index (Phi) is 4.69. The molecule has 4 rings (SSSR count). The van der Waals surface area contributed by atoms with Gasteiger partial charge in [0, 0.05) is 17.4 Å². The normalized spacial score (nSPS) is 18.6. The van der Waals surface area contributed by atoms with Crippen LogP contribution >= 0.6 is 11.6 Å². The highest BCUT2D eigenvalue weighted by molar-refractivity contribution is 6.30. The lowest BCUT2D eigenvalue weighted by Crippen LogP contribution is -2.47. The molecule has 3 aromatic rings. The molecule has 1 N–H and O–H groups in total. The number of carbonyl (C=O) groups is 1. The predicted octanol–water partition coefficient (Wildman–Crippen LogP) is 3.51. The fourth-order valence-electron chi connectivity index (χ4n) is 3.76. The first-order valence-electron chi connectivity index (χ1n) is 9.18. The number of carbonyl (C=O) groups excluding carboxylic acids is 1. The molecule has 1 fully saturated rings. The van der Waals surface area contributed by atoms with E-state index in [0.717, 1.165) is 22.6 Å². The van der Waals surface area contributed by atoms with Crippen molar-refractivity contribution in [2.45, 2.75) is 38.9 Å². The highest BCUT2D eigenvalue weighted by atomic mass is 35.5. The van der Waals surface area contributed by atoms with Crippen molar-refractivity contribution in [3.63, 3.8) is 0 Å². The van der Waals surface area contributed by atoms with Crippen LogP contribution in [-0.4, -0.2) is 32.4 Å². The van der Waals surface area contributed by atoms with Crippen molar-refractivity contribution in [2.24, 2.45) is 0 Å². The van der Waals surface area contributed by atoms with Crippen LogP contribution in [0.5, 0.6) is 0 Å². The quantitative estimate of drug-likeness (QED) is 0.734. The number of hydrogen-bond donors (Lipinski definition) is 1. The molecule has 0 aliphatic carbocycles. The number of halogens is 1. The van der Waals surface area contributed by atoms with Crippen LogP contribution in [0.1, 0.15) is 25.1 Å². The molecule has 1 aliphatic rings. The van der Waals surface area contributed by atoms with Gasteiger partial charge in [0.25, 0.3) is 0 Å². The Morgan fingerprint density at radius 3 is 2.50 bits per heavy atom. The van der Waals surface area contributed by atoms with Crippen LogP contribution in [0.25, 0.3) is 5.69 Å². The topological polar surface area (TPSA) is 63.1 Å². The van der Waals surface area contributed by atoms with Crippen molar-refractivity contribution < 1.29 is 4.79 Å². The standard InChI is InChI=1S/C21H22ClN5O/c1-14-19(13-24-27(14)17-8-10-23-11-9-17)26-20(28)18(25-21(26,2)3)12-15-4-6-16(22)7-5-15/h4-11,13,18,25H,12H2,1-3H3/t18-/m0/s1. The van der Waals surface area contributed by atoms with Crippen LogP contribution in [-0.2, 0) is 11.2 Å². The average molecular weight is 396 g/mol. The van der Waals surface area contributed by atoms with Crippen molar-refractivity contribution in [1.82, 2.24) is 20.1 Å². The van der Waals surface area contributed by atoms with Gasteiger partial charge >= 0.3 is 0 Å². The lowest BCUT2D eigenvalue weighted by atomic mass is 10.1. The summed E-state index contributed by atoms with van der Waals surface area (Å²) in [6, 6.07) is 11.1. The third-order valence-corrected chi connectivity index (χ3v) is 5.34. The predicted molar refractivity (Wildman–Crippen MR) is 110 cm³/mol. The Bertz CT molecular complexity index is 997. The minimum Gasteiger partial charge on any atom is -0.289 e. The largest absolute Gasteiger partial charge is 0.289 e. The van der Waals surface area contributed by atoms with Crippen molar-refractivity contribution >= 4 is 23.2 Å². The molecule has 7 heteroatoms. The van der Waals surface area contributed by atoms with E-state index in [1.165, 1.54) is 0 Å². The van der Waals surface area contributed by atoms with Crippen LogP contribution in [0, 0.1) is 6.92 Å². The Morgan fingerprint density at radius 1 is 1.14 bits per heavy atom. The van der Waals surface area contributed by atoms with Gasteiger partial charge in [0.2, 0.25) is 5.91 Å². The second kappa shape index (κ2) is 7.04. The maximum Gasteiger partial charge on any atom is 0.246 e. The van der Waals surface area contributed by atoms with Gasteiger partial charge in [-0.05, 0) is 57.0 Å². The van der Waals surface area contributed by atoms with Gasteiger partial charge in [-0.3, -0.25) is 20.0 Å². The summed E-state index contributed by atoms with van der Waals surface area (Å²) in [5.41, 5.74) is 3.16. The van der Waals surface area contributed by atoms with E-state index >= 15 is 0 Å². The first-order valence-corrected chi connectivity index (χ1v) is 9.56. The summed E-state index contributed by atoms with van der Waals surface area (Å²) in [6.07, 6.45) is 5.81. The Hall–Kier alpha value is -2.70. The minimum absolute atomic E-state index is 0.0392. The number of pyridine rings is 1. The second-order valence-corrected chi connectivity index (χ2v) is 7.93. The summed E-state index contributed by atoms with van der Waals surface area (Å²) in [4.78, 5) is 19.1. The fraction of sp³-hybridized carbons (Fsp3) is 0.286. The van der Waals surface area contributed by atoms with E-state index in [4.69, 9.17) is 11.6 Å². The Labute approximate surface area is 169 Å². The van der Waals surface area contributed by atoms with Gasteiger partial charge in [-0.25, -0.2) is 4.68 Å². The first kappa shape index (κ1) is 18.7. The number of aromatic nitrogens is 3. The molecule has 28 heavy (non-hydrogen) atoms. The molecule has 1 saturated heterocycles. The number of nitrogens with one attached hydrogen (secondary N) is 1. The van der Waals surface area contributed by atoms with Crippen LogP contribution in [0.3, 0.4) is 0 Å². The van der Waals surface area contributed by atoms with Gasteiger partial charge < -0.3 is 0 Å². The van der Waals surface area contributed by atoms with Crippen molar-refractivity contribution in [2.75, 3.05) is 4.90 Å². The van der Waals surface area contributed by atoms with Gasteiger partial charge in [-0.15, -0.1) is 0 Å². The van der Waals surface area contributed by atoms with E-state index in [9.17, 15) is 4.79 Å². The first-order chi connectivity index (χ1) is 13.4. The third-order valence-electron chi connectivity index (χ3n) is 5.09. The average Bonchev–Trinajstić information content (AvgIpc) is 3.14. The fourth-order valence-corrected chi connectivity index (χ4v) is 3.89. The smallest absolute Gasteiger partial charge is 0.246 e. The summed E-state index contributed by atoms with van der Waals surface area (Å²) < 4.78 is 1.83. The summed E-state index contributed by atoms with van der Waals surface area (Å²) in [5.74, 6) is 0.0392. The molecular formula is C21H22ClN5O. The second-order valence-electron chi connectivity index (χ2n) is 7.49. The SMILES string of the molecule is Cc1c(N2C(=O)[C@H](Cc3ccc(Cl)cc3)NC2(C)C)cnn1-c1ccncc1. The molecule has 1 amide bonds. The van der Waals surface area contributed by atoms with Crippen LogP contribution in [0.15, 0.2) is 55.0 Å². The summed E-state index contributed by atoms with van der Waals surface area (Å²) >= 11 is 5.97. The molecule has 1 aromatic carbocycles. The van der Waals surface area contributed by atoms with Gasteiger partial charge in [0.05, 0.1) is 35.0 Å². The molecule has 144 valence electrons. The molecule has 0 saturated carbocycles. The molecule has 0 spiro atoms. The van der Waals surface area contributed by atoms with Gasteiger partial charge in [0.15, 0.2) is 0 Å². The lowest BCUT2D eigenvalue weighted by Gasteiger charge is -2.30. The molecule has 1 atom stereocenters. The number of amides is 1. The van der Waals surface area contributed by atoms with Crippen LogP contribution < -0.4 is 10.2 Å². The molecule has 0 radical (unpaired) electrons. The lowest BCUT2D eigenvalue weighted by molar-refractivity contribution is -0.118. The zero-order chi connectivity index (χ0) is 19.9. The molecule has 1 aliphatic heterocycles. The van der Waals surface area contributed by atoms with Gasteiger partial charge in [0.1, 0.15) is 0 Å². The maximum atomic E-state index is 13.3. The highest BCUT2D eigenvalue weighted by Crippen LogP contribution is 2.33. The molecule has 0 bridgehead atoms. The number of rotatable bonds is 4. The van der Waals surface area contributed by atoms with Crippen molar-refractivity contribution in [3.8, 4) is 5.69 Å². The zero-order valence-electron chi connectivity index (χ0n) is 16.1. The van der Waals surface area contributed by atoms with E-state index in [0.29, 0.717) is 11.4 Å². The molecular weight excluding hydrogens is 374 g/mol. The summed E-state index contributed by atoms with van der Waals surface area (Å²) in [6.45, 7) is 5.99. The van der Waals surface area contributed by atoms with Gasteiger partial charge in [-0.2, -0.15) is 5.10 Å². The van der Waals surface area contributed by atoms with E-state index in [-0.39, 0.29) is 11.9 Å². The van der Waals surface area contributed by atoms with E-state index in [1.54, 1.807) is 18.6 Å². The third kappa shape index (κ3) is 3.30. The highest BCUT2D eigenvalue weighted by Gasteiger charge is 2.46. The molecule has 2 aromatic heterocycles. The number of nitrogens with zero attached hydrogens (tertiary/aromatic N) is 4. The summed E-state index contributed by atoms with van der Waals surface area (Å²) in [5, 5.41) is 8.66. The zero-order valence-corrected chi connectivity index (χ0v) is 16.8. The van der Waals surface area contributed by atoms with Crippen LogP contribution in [0.2, 0.25) is 5.02 Å². The summed E-state index contributed by atoms with van der Waals surface area (Å²) in [7, 11) is 0. The number of hydrogen-bond acceptors (Lipinski definition) is 4. The van der Waals surface area contributed by atoms with Crippen molar-refractivity contribution in [3.05, 3.63) is 71.3 Å².